The predicted octanol–water partition coefficient (Wildman–Crippen LogP) is 3.03. The third-order valence-corrected chi connectivity index (χ3v) is 6.72. The summed E-state index contributed by atoms with van der Waals surface area (Å²) in [5.41, 5.74) is 2.53. The number of hydrogen-bond acceptors (Lipinski definition) is 6. The van der Waals surface area contributed by atoms with E-state index < -0.39 is 5.97 Å². The zero-order valence-electron chi connectivity index (χ0n) is 19.3. The molecule has 0 saturated carbocycles. The second-order valence-corrected chi connectivity index (χ2v) is 9.06. The summed E-state index contributed by atoms with van der Waals surface area (Å²) in [6, 6.07) is 14.8. The molecule has 0 aliphatic carbocycles. The van der Waals surface area contributed by atoms with Crippen LogP contribution >= 0.6 is 0 Å². The smallest absolute Gasteiger partial charge is 0.305 e. The molecular weight excluding hydrogens is 418 g/mol. The Kier molecular flexibility index (Phi) is 8.31. The highest BCUT2D eigenvalue weighted by atomic mass is 16.5. The lowest BCUT2D eigenvalue weighted by Crippen LogP contribution is -2.57. The van der Waals surface area contributed by atoms with Gasteiger partial charge < -0.3 is 24.4 Å². The first-order valence-electron chi connectivity index (χ1n) is 12.0. The molecule has 2 aliphatic rings. The molecule has 7 nitrogen and oxygen atoms in total. The Balaban J connectivity index is 1.17. The number of hydrogen-bond donors (Lipinski definition) is 1. The highest BCUT2D eigenvalue weighted by Crippen LogP contribution is 2.31. The molecule has 1 aromatic carbocycles. The lowest BCUT2D eigenvalue weighted by Gasteiger charge is -2.47. The minimum atomic E-state index is -0.819. The van der Waals surface area contributed by atoms with Crippen molar-refractivity contribution in [2.24, 2.45) is 0 Å². The Hall–Kier alpha value is -2.48. The standard InChI is InChI=1S/C26H35N3O4/c30-25(31)10-19-32-18-9-23-6-4-22(5-7-23)8-14-28-15-11-26(12-16-28)21-29(17-20-33-26)24-3-1-2-13-27-24/h1-7,13H,8-12,14-21H2,(H,30,31). The Labute approximate surface area is 196 Å². The number of anilines is 1. The van der Waals surface area contributed by atoms with Crippen LogP contribution in [0.3, 0.4) is 0 Å². The third kappa shape index (κ3) is 7.00. The van der Waals surface area contributed by atoms with E-state index in [0.717, 1.165) is 70.8 Å². The van der Waals surface area contributed by atoms with Gasteiger partial charge in [-0.3, -0.25) is 4.79 Å². The Morgan fingerprint density at radius 2 is 1.79 bits per heavy atom. The molecule has 178 valence electrons. The van der Waals surface area contributed by atoms with Crippen LogP contribution < -0.4 is 4.90 Å². The number of carbonyl (C=O) groups is 1. The van der Waals surface area contributed by atoms with Gasteiger partial charge in [-0.2, -0.15) is 0 Å². The number of benzene rings is 1. The Morgan fingerprint density at radius 1 is 1.03 bits per heavy atom. The highest BCUT2D eigenvalue weighted by Gasteiger charge is 2.39. The Bertz CT molecular complexity index is 867. The SMILES string of the molecule is O=C(O)CCOCCc1ccc(CCN2CCC3(CC2)CN(c2ccccn2)CCO3)cc1. The van der Waals surface area contributed by atoms with E-state index in [1.807, 2.05) is 12.3 Å². The van der Waals surface area contributed by atoms with E-state index in [2.05, 4.69) is 51.2 Å². The lowest BCUT2D eigenvalue weighted by molar-refractivity contribution is -0.138. The molecule has 7 heteroatoms. The summed E-state index contributed by atoms with van der Waals surface area (Å²) in [7, 11) is 0. The molecule has 0 unspecified atom stereocenters. The van der Waals surface area contributed by atoms with Gasteiger partial charge in [0.15, 0.2) is 0 Å². The van der Waals surface area contributed by atoms with Crippen molar-refractivity contribution in [1.29, 1.82) is 0 Å². The van der Waals surface area contributed by atoms with Crippen LogP contribution in [0.5, 0.6) is 0 Å². The second-order valence-electron chi connectivity index (χ2n) is 9.06. The molecule has 0 bridgehead atoms. The molecule has 1 N–H and O–H groups in total. The first kappa shape index (κ1) is 23.7. The van der Waals surface area contributed by atoms with Crippen LogP contribution in [0.25, 0.3) is 0 Å². The number of piperidine rings is 1. The molecule has 2 aromatic rings. The number of likely N-dealkylation sites (tertiary alicyclic amines) is 1. The van der Waals surface area contributed by atoms with Gasteiger partial charge in [0.2, 0.25) is 0 Å². The maximum Gasteiger partial charge on any atom is 0.305 e. The zero-order chi connectivity index (χ0) is 22.9. The van der Waals surface area contributed by atoms with E-state index in [1.165, 1.54) is 11.1 Å². The van der Waals surface area contributed by atoms with Crippen LogP contribution in [0.4, 0.5) is 5.82 Å². The fourth-order valence-electron chi connectivity index (χ4n) is 4.68. The highest BCUT2D eigenvalue weighted by molar-refractivity contribution is 5.66. The van der Waals surface area contributed by atoms with E-state index in [-0.39, 0.29) is 18.6 Å². The molecule has 4 rings (SSSR count). The molecule has 2 aliphatic heterocycles. The van der Waals surface area contributed by atoms with Crippen LogP contribution in [-0.4, -0.2) is 79.1 Å². The van der Waals surface area contributed by atoms with Crippen molar-refractivity contribution in [2.45, 2.75) is 37.7 Å². The van der Waals surface area contributed by atoms with Gasteiger partial charge in [-0.25, -0.2) is 4.98 Å². The number of morpholine rings is 1. The zero-order valence-corrected chi connectivity index (χ0v) is 19.3. The summed E-state index contributed by atoms with van der Waals surface area (Å²) in [5.74, 6) is 0.235. The van der Waals surface area contributed by atoms with E-state index in [9.17, 15) is 4.79 Å². The van der Waals surface area contributed by atoms with Crippen LogP contribution in [0.15, 0.2) is 48.7 Å². The van der Waals surface area contributed by atoms with Crippen molar-refractivity contribution in [3.8, 4) is 0 Å². The minimum Gasteiger partial charge on any atom is -0.481 e. The summed E-state index contributed by atoms with van der Waals surface area (Å²) >= 11 is 0. The molecule has 1 spiro atoms. The second kappa shape index (κ2) is 11.6. The van der Waals surface area contributed by atoms with Crippen LogP contribution in [0.2, 0.25) is 0 Å². The fourth-order valence-corrected chi connectivity index (χ4v) is 4.68. The van der Waals surface area contributed by atoms with Crippen LogP contribution in [-0.2, 0) is 27.1 Å². The number of pyridine rings is 1. The largest absolute Gasteiger partial charge is 0.481 e. The average Bonchev–Trinajstić information content (AvgIpc) is 2.85. The number of aromatic nitrogens is 1. The minimum absolute atomic E-state index is 0.0412. The van der Waals surface area contributed by atoms with E-state index in [1.54, 1.807) is 0 Å². The topological polar surface area (TPSA) is 75.1 Å². The quantitative estimate of drug-likeness (QED) is 0.554. The monoisotopic (exact) mass is 453 g/mol. The molecule has 2 saturated heterocycles. The maximum atomic E-state index is 10.5. The van der Waals surface area contributed by atoms with Crippen molar-refractivity contribution in [1.82, 2.24) is 9.88 Å². The van der Waals surface area contributed by atoms with Gasteiger partial charge in [-0.05, 0) is 48.9 Å². The molecular formula is C26H35N3O4. The molecule has 2 fully saturated rings. The molecule has 3 heterocycles. The van der Waals surface area contributed by atoms with Gasteiger partial charge in [-0.15, -0.1) is 0 Å². The fraction of sp³-hybridized carbons (Fsp3) is 0.538. The number of nitrogens with zero attached hydrogens (tertiary/aromatic N) is 3. The van der Waals surface area contributed by atoms with Crippen molar-refractivity contribution in [2.75, 3.05) is 57.4 Å². The van der Waals surface area contributed by atoms with Crippen molar-refractivity contribution in [3.63, 3.8) is 0 Å². The maximum absolute atomic E-state index is 10.5. The van der Waals surface area contributed by atoms with E-state index in [0.29, 0.717) is 6.61 Å². The summed E-state index contributed by atoms with van der Waals surface area (Å²) in [6.07, 6.45) is 5.91. The van der Waals surface area contributed by atoms with Gasteiger partial charge in [0.1, 0.15) is 5.82 Å². The normalized spacial score (nSPS) is 18.5. The third-order valence-electron chi connectivity index (χ3n) is 6.72. The summed E-state index contributed by atoms with van der Waals surface area (Å²) in [5, 5.41) is 8.63. The average molecular weight is 454 g/mol. The number of carboxylic acid groups (broad SMARTS) is 1. The van der Waals surface area contributed by atoms with Gasteiger partial charge in [0, 0.05) is 38.9 Å². The summed E-state index contributed by atoms with van der Waals surface area (Å²) in [6.45, 7) is 6.65. The first-order valence-corrected chi connectivity index (χ1v) is 12.0. The number of ether oxygens (including phenoxy) is 2. The Morgan fingerprint density at radius 3 is 2.48 bits per heavy atom. The van der Waals surface area contributed by atoms with Gasteiger partial charge >= 0.3 is 5.97 Å². The molecule has 0 amide bonds. The number of aliphatic carboxylic acids is 1. The van der Waals surface area contributed by atoms with Gasteiger partial charge in [-0.1, -0.05) is 30.3 Å². The van der Waals surface area contributed by atoms with Gasteiger partial charge in [0.05, 0.1) is 31.8 Å². The van der Waals surface area contributed by atoms with E-state index >= 15 is 0 Å². The molecule has 33 heavy (non-hydrogen) atoms. The molecule has 1 aromatic heterocycles. The van der Waals surface area contributed by atoms with Crippen LogP contribution in [0.1, 0.15) is 30.4 Å². The summed E-state index contributed by atoms with van der Waals surface area (Å²) in [4.78, 5) is 20.0. The van der Waals surface area contributed by atoms with Gasteiger partial charge in [0.25, 0.3) is 0 Å². The summed E-state index contributed by atoms with van der Waals surface area (Å²) < 4.78 is 11.7. The molecule has 0 radical (unpaired) electrons. The number of rotatable bonds is 10. The van der Waals surface area contributed by atoms with E-state index in [4.69, 9.17) is 14.6 Å². The molecule has 0 atom stereocenters. The number of carboxylic acids is 1. The van der Waals surface area contributed by atoms with Crippen molar-refractivity contribution < 1.29 is 19.4 Å². The van der Waals surface area contributed by atoms with Crippen molar-refractivity contribution >= 4 is 11.8 Å². The van der Waals surface area contributed by atoms with Crippen LogP contribution in [0, 0.1) is 0 Å². The lowest BCUT2D eigenvalue weighted by atomic mass is 9.89. The predicted molar refractivity (Wildman–Crippen MR) is 128 cm³/mol. The first-order chi connectivity index (χ1) is 16.1. The van der Waals surface area contributed by atoms with Crippen molar-refractivity contribution in [3.05, 3.63) is 59.8 Å².